The summed E-state index contributed by atoms with van der Waals surface area (Å²) in [6.45, 7) is 0. The van der Waals surface area contributed by atoms with Crippen LogP contribution in [0.15, 0.2) is 57.0 Å². The quantitative estimate of drug-likeness (QED) is 0.760. The van der Waals surface area contributed by atoms with Crippen molar-refractivity contribution in [3.05, 3.63) is 48.0 Å². The molecule has 0 fully saturated rings. The molecule has 2 N–H and O–H groups in total. The van der Waals surface area contributed by atoms with Gasteiger partial charge in [-0.15, -0.1) is 0 Å². The Morgan fingerprint density at radius 1 is 1.24 bits per heavy atom. The number of hydrogen-bond donors (Lipinski definition) is 2. The topological polar surface area (TPSA) is 75.4 Å². The first-order chi connectivity index (χ1) is 10.2. The Bertz CT molecular complexity index is 826. The Morgan fingerprint density at radius 2 is 2.10 bits per heavy atom. The summed E-state index contributed by atoms with van der Waals surface area (Å²) in [5.41, 5.74) is 2.78. The average molecular weight is 298 g/mol. The maximum Gasteiger partial charge on any atom is 0.261 e. The van der Waals surface area contributed by atoms with Crippen molar-refractivity contribution < 1.29 is 14.3 Å². The molecule has 6 heteroatoms. The van der Waals surface area contributed by atoms with E-state index in [1.165, 1.54) is 11.8 Å². The van der Waals surface area contributed by atoms with Gasteiger partial charge in [0, 0.05) is 16.1 Å². The molecule has 1 unspecified atom stereocenters. The van der Waals surface area contributed by atoms with Crippen molar-refractivity contribution in [3.8, 4) is 0 Å². The van der Waals surface area contributed by atoms with E-state index in [0.29, 0.717) is 16.5 Å². The van der Waals surface area contributed by atoms with Gasteiger partial charge >= 0.3 is 0 Å². The lowest BCUT2D eigenvalue weighted by atomic mass is 10.1. The van der Waals surface area contributed by atoms with Crippen LogP contribution in [0.25, 0.3) is 11.1 Å². The molecule has 4 rings (SSSR count). The molecule has 3 aromatic rings. The Kier molecular flexibility index (Phi) is 2.73. The second kappa shape index (κ2) is 4.61. The highest BCUT2D eigenvalue weighted by Crippen LogP contribution is 2.36. The summed E-state index contributed by atoms with van der Waals surface area (Å²) in [7, 11) is 0. The number of hydrogen-bond acceptors (Lipinski definition) is 5. The molecule has 0 saturated carbocycles. The summed E-state index contributed by atoms with van der Waals surface area (Å²) < 4.78 is 5.65. The Hall–Kier alpha value is -2.31. The first kappa shape index (κ1) is 12.4. The van der Waals surface area contributed by atoms with Crippen LogP contribution >= 0.6 is 11.8 Å². The SMILES string of the molecule is O=C1Nc2cc(Sc3nc4ccccc4o3)ccc2C1O. The number of aliphatic hydroxyl groups is 1. The van der Waals surface area contributed by atoms with Crippen LogP contribution in [0.1, 0.15) is 11.7 Å². The lowest BCUT2D eigenvalue weighted by molar-refractivity contribution is -0.123. The zero-order valence-electron chi connectivity index (χ0n) is 10.7. The molecule has 0 radical (unpaired) electrons. The van der Waals surface area contributed by atoms with Crippen molar-refractivity contribution in [2.75, 3.05) is 5.32 Å². The van der Waals surface area contributed by atoms with Gasteiger partial charge in [-0.1, -0.05) is 18.2 Å². The fourth-order valence-corrected chi connectivity index (χ4v) is 3.07. The number of nitrogens with one attached hydrogen (secondary N) is 1. The molecule has 1 atom stereocenters. The minimum Gasteiger partial charge on any atom is -0.431 e. The van der Waals surface area contributed by atoms with Crippen LogP contribution < -0.4 is 5.32 Å². The predicted octanol–water partition coefficient (Wildman–Crippen LogP) is 2.96. The van der Waals surface area contributed by atoms with Gasteiger partial charge in [0.1, 0.15) is 5.52 Å². The molecule has 5 nitrogen and oxygen atoms in total. The van der Waals surface area contributed by atoms with Gasteiger partial charge in [-0.05, 0) is 36.0 Å². The molecule has 2 aromatic carbocycles. The fourth-order valence-electron chi connectivity index (χ4n) is 2.28. The Balaban J connectivity index is 1.66. The Labute approximate surface area is 124 Å². The number of oxazole rings is 1. The van der Waals surface area contributed by atoms with Crippen LogP contribution in [0.5, 0.6) is 0 Å². The number of nitrogens with zero attached hydrogens (tertiary/aromatic N) is 1. The molecule has 0 spiro atoms. The van der Waals surface area contributed by atoms with Gasteiger partial charge in [-0.3, -0.25) is 4.79 Å². The van der Waals surface area contributed by atoms with Crippen molar-refractivity contribution in [1.82, 2.24) is 4.98 Å². The second-order valence-corrected chi connectivity index (χ2v) is 5.72. The normalized spacial score (nSPS) is 17.0. The van der Waals surface area contributed by atoms with Crippen molar-refractivity contribution in [3.63, 3.8) is 0 Å². The smallest absolute Gasteiger partial charge is 0.261 e. The van der Waals surface area contributed by atoms with Crippen LogP contribution in [0, 0.1) is 0 Å². The molecule has 2 heterocycles. The fraction of sp³-hybridized carbons (Fsp3) is 0.0667. The number of aliphatic hydroxyl groups excluding tert-OH is 1. The number of carbonyl (C=O) groups excluding carboxylic acids is 1. The minimum absolute atomic E-state index is 0.394. The number of rotatable bonds is 2. The summed E-state index contributed by atoms with van der Waals surface area (Å²) in [6.07, 6.45) is -1.08. The molecule has 1 aliphatic rings. The molecule has 1 aliphatic heterocycles. The van der Waals surface area contributed by atoms with E-state index in [1.807, 2.05) is 36.4 Å². The summed E-state index contributed by atoms with van der Waals surface area (Å²) in [4.78, 5) is 16.7. The summed E-state index contributed by atoms with van der Waals surface area (Å²) in [5.74, 6) is -0.394. The molecule has 1 aromatic heterocycles. The van der Waals surface area contributed by atoms with Crippen LogP contribution in [0.4, 0.5) is 5.69 Å². The highest BCUT2D eigenvalue weighted by atomic mass is 32.2. The molecule has 21 heavy (non-hydrogen) atoms. The monoisotopic (exact) mass is 298 g/mol. The zero-order valence-corrected chi connectivity index (χ0v) is 11.6. The first-order valence-corrected chi connectivity index (χ1v) is 7.19. The van der Waals surface area contributed by atoms with Crippen molar-refractivity contribution in [1.29, 1.82) is 0 Å². The van der Waals surface area contributed by atoms with Gasteiger partial charge < -0.3 is 14.8 Å². The summed E-state index contributed by atoms with van der Waals surface area (Å²) in [5, 5.41) is 12.9. The number of carbonyl (C=O) groups is 1. The Morgan fingerprint density at radius 3 is 2.95 bits per heavy atom. The van der Waals surface area contributed by atoms with Gasteiger partial charge in [0.05, 0.1) is 0 Å². The van der Waals surface area contributed by atoms with E-state index in [2.05, 4.69) is 10.3 Å². The van der Waals surface area contributed by atoms with E-state index in [4.69, 9.17) is 4.42 Å². The zero-order chi connectivity index (χ0) is 14.4. The first-order valence-electron chi connectivity index (χ1n) is 6.37. The molecular formula is C15H10N2O3S. The molecular weight excluding hydrogens is 288 g/mol. The van der Waals surface area contributed by atoms with E-state index in [1.54, 1.807) is 6.07 Å². The maximum atomic E-state index is 11.4. The highest BCUT2D eigenvalue weighted by molar-refractivity contribution is 7.99. The molecule has 0 saturated heterocycles. The molecule has 104 valence electrons. The van der Waals surface area contributed by atoms with Gasteiger partial charge in [0.15, 0.2) is 11.7 Å². The van der Waals surface area contributed by atoms with E-state index >= 15 is 0 Å². The van der Waals surface area contributed by atoms with Crippen LogP contribution in [-0.4, -0.2) is 16.0 Å². The van der Waals surface area contributed by atoms with Crippen LogP contribution in [0.3, 0.4) is 0 Å². The molecule has 1 amide bonds. The van der Waals surface area contributed by atoms with Crippen molar-refractivity contribution >= 4 is 34.5 Å². The van der Waals surface area contributed by atoms with E-state index in [-0.39, 0.29) is 0 Å². The number of amides is 1. The number of fused-ring (bicyclic) bond motifs is 2. The highest BCUT2D eigenvalue weighted by Gasteiger charge is 2.28. The molecule has 0 aliphatic carbocycles. The van der Waals surface area contributed by atoms with E-state index in [9.17, 15) is 9.90 Å². The third-order valence-electron chi connectivity index (χ3n) is 3.30. The lowest BCUT2D eigenvalue weighted by Gasteiger charge is -2.02. The molecule has 0 bridgehead atoms. The van der Waals surface area contributed by atoms with Gasteiger partial charge in [-0.2, -0.15) is 0 Å². The van der Waals surface area contributed by atoms with Crippen molar-refractivity contribution in [2.24, 2.45) is 0 Å². The van der Waals surface area contributed by atoms with Crippen LogP contribution in [-0.2, 0) is 4.79 Å². The van der Waals surface area contributed by atoms with E-state index in [0.717, 1.165) is 16.0 Å². The third kappa shape index (κ3) is 2.09. The predicted molar refractivity (Wildman–Crippen MR) is 78.2 cm³/mol. The van der Waals surface area contributed by atoms with Gasteiger partial charge in [-0.25, -0.2) is 4.98 Å². The largest absolute Gasteiger partial charge is 0.431 e. The number of aromatic nitrogens is 1. The maximum absolute atomic E-state index is 11.4. The van der Waals surface area contributed by atoms with E-state index < -0.39 is 12.0 Å². The second-order valence-electron chi connectivity index (χ2n) is 4.69. The average Bonchev–Trinajstić information content (AvgIpc) is 3.00. The summed E-state index contributed by atoms with van der Waals surface area (Å²) in [6, 6.07) is 12.9. The van der Waals surface area contributed by atoms with Crippen molar-refractivity contribution in [2.45, 2.75) is 16.2 Å². The number of anilines is 1. The number of para-hydroxylation sites is 2. The number of benzene rings is 2. The third-order valence-corrected chi connectivity index (χ3v) is 4.14. The lowest BCUT2D eigenvalue weighted by Crippen LogP contribution is -2.10. The van der Waals surface area contributed by atoms with Crippen LogP contribution in [0.2, 0.25) is 0 Å². The van der Waals surface area contributed by atoms with Gasteiger partial charge in [0.2, 0.25) is 0 Å². The minimum atomic E-state index is -1.08. The van der Waals surface area contributed by atoms with Gasteiger partial charge in [0.25, 0.3) is 11.1 Å². The standard InChI is InChI=1S/C15H10N2O3S/c18-13-9-6-5-8(7-11(9)16-14(13)19)21-15-17-10-3-1-2-4-12(10)20-15/h1-7,13,18H,(H,16,19). The summed E-state index contributed by atoms with van der Waals surface area (Å²) >= 11 is 1.37.